The number of carbonyl (C=O) groups excluding carboxylic acids is 1. The van der Waals surface area contributed by atoms with Crippen LogP contribution in [0.2, 0.25) is 0 Å². The Bertz CT molecular complexity index is 355. The Labute approximate surface area is 87.8 Å². The summed E-state index contributed by atoms with van der Waals surface area (Å²) in [6, 6.07) is 0. The molecular weight excluding hydrogens is 196 g/mol. The van der Waals surface area contributed by atoms with Crippen LogP contribution in [0.3, 0.4) is 0 Å². The van der Waals surface area contributed by atoms with Gasteiger partial charge in [-0.25, -0.2) is 0 Å². The predicted molar refractivity (Wildman–Crippen MR) is 54.0 cm³/mol. The van der Waals surface area contributed by atoms with Gasteiger partial charge >= 0.3 is 0 Å². The molecule has 1 aliphatic heterocycles. The molecule has 1 aromatic heterocycles. The first-order valence-corrected chi connectivity index (χ1v) is 4.95. The molecule has 6 nitrogen and oxygen atoms in total. The average molecular weight is 210 g/mol. The van der Waals surface area contributed by atoms with Crippen molar-refractivity contribution < 1.29 is 9.32 Å². The van der Waals surface area contributed by atoms with E-state index in [0.29, 0.717) is 5.95 Å². The van der Waals surface area contributed by atoms with Crippen LogP contribution >= 0.6 is 0 Å². The van der Waals surface area contributed by atoms with Crippen LogP contribution in [0, 0.1) is 0 Å². The first-order chi connectivity index (χ1) is 7.16. The molecule has 0 aliphatic carbocycles. The molecule has 0 unspecified atom stereocenters. The van der Waals surface area contributed by atoms with Gasteiger partial charge < -0.3 is 14.3 Å². The lowest BCUT2D eigenvalue weighted by Crippen LogP contribution is -2.44. The van der Waals surface area contributed by atoms with Crippen LogP contribution in [0.4, 0.5) is 5.95 Å². The van der Waals surface area contributed by atoms with E-state index in [1.165, 1.54) is 6.92 Å². The first kappa shape index (κ1) is 10.1. The number of rotatable bonds is 2. The molecule has 15 heavy (non-hydrogen) atoms. The number of Topliss-reactive ketones (excluding diaryl/α,β-unsaturated/α-hetero) is 1. The lowest BCUT2D eigenvalue weighted by Gasteiger charge is -2.31. The van der Waals surface area contributed by atoms with E-state index in [4.69, 9.17) is 4.52 Å². The highest BCUT2D eigenvalue weighted by Gasteiger charge is 2.19. The molecule has 0 N–H and O–H groups in total. The molecule has 1 fully saturated rings. The van der Waals surface area contributed by atoms with E-state index in [2.05, 4.69) is 22.1 Å². The number of aromatic nitrogens is 2. The van der Waals surface area contributed by atoms with Gasteiger partial charge in [0.05, 0.1) is 0 Å². The fraction of sp³-hybridized carbons (Fsp3) is 0.667. The molecule has 0 radical (unpaired) electrons. The molecule has 2 rings (SSSR count). The summed E-state index contributed by atoms with van der Waals surface area (Å²) in [4.78, 5) is 19.3. The minimum atomic E-state index is -0.192. The van der Waals surface area contributed by atoms with Gasteiger partial charge in [-0.1, -0.05) is 0 Å². The van der Waals surface area contributed by atoms with Gasteiger partial charge in [0, 0.05) is 33.1 Å². The molecule has 0 spiro atoms. The van der Waals surface area contributed by atoms with Gasteiger partial charge in [0.2, 0.25) is 5.78 Å². The maximum Gasteiger partial charge on any atom is 0.295 e. The van der Waals surface area contributed by atoms with Crippen molar-refractivity contribution in [3.8, 4) is 0 Å². The van der Waals surface area contributed by atoms with Gasteiger partial charge in [0.25, 0.3) is 11.8 Å². The van der Waals surface area contributed by atoms with E-state index in [1.807, 2.05) is 4.90 Å². The third-order valence-corrected chi connectivity index (χ3v) is 2.50. The molecule has 2 heterocycles. The number of hydrogen-bond donors (Lipinski definition) is 0. The molecule has 1 saturated heterocycles. The van der Waals surface area contributed by atoms with Gasteiger partial charge in [-0.05, 0) is 12.2 Å². The number of piperazine rings is 1. The van der Waals surface area contributed by atoms with Gasteiger partial charge in [-0.2, -0.15) is 4.98 Å². The Balaban J connectivity index is 2.06. The number of ketones is 1. The first-order valence-electron chi connectivity index (χ1n) is 4.95. The van der Waals surface area contributed by atoms with Crippen molar-refractivity contribution >= 4 is 11.7 Å². The zero-order valence-electron chi connectivity index (χ0n) is 8.93. The Kier molecular flexibility index (Phi) is 2.68. The molecule has 0 saturated carbocycles. The summed E-state index contributed by atoms with van der Waals surface area (Å²) in [5.74, 6) is 0.417. The lowest BCUT2D eigenvalue weighted by molar-refractivity contribution is 0.0972. The molecule has 1 aliphatic rings. The van der Waals surface area contributed by atoms with Crippen molar-refractivity contribution in [3.05, 3.63) is 5.89 Å². The van der Waals surface area contributed by atoms with Crippen LogP contribution in [-0.2, 0) is 0 Å². The van der Waals surface area contributed by atoms with Crippen molar-refractivity contribution in [3.63, 3.8) is 0 Å². The summed E-state index contributed by atoms with van der Waals surface area (Å²) >= 11 is 0. The van der Waals surface area contributed by atoms with E-state index < -0.39 is 0 Å². The van der Waals surface area contributed by atoms with Crippen LogP contribution in [0.15, 0.2) is 4.52 Å². The summed E-state index contributed by atoms with van der Waals surface area (Å²) in [7, 11) is 2.08. The molecular formula is C9H14N4O2. The minimum Gasteiger partial charge on any atom is -0.336 e. The van der Waals surface area contributed by atoms with Crippen LogP contribution in [0.25, 0.3) is 0 Å². The maximum atomic E-state index is 11.0. The fourth-order valence-corrected chi connectivity index (χ4v) is 1.49. The molecule has 0 aromatic carbocycles. The molecule has 0 atom stereocenters. The smallest absolute Gasteiger partial charge is 0.295 e. The monoisotopic (exact) mass is 210 g/mol. The highest BCUT2D eigenvalue weighted by molar-refractivity contribution is 5.89. The third kappa shape index (κ3) is 2.15. The van der Waals surface area contributed by atoms with Gasteiger partial charge in [0.15, 0.2) is 0 Å². The summed E-state index contributed by atoms with van der Waals surface area (Å²) in [5.41, 5.74) is 0. The fourth-order valence-electron chi connectivity index (χ4n) is 1.49. The number of hydrogen-bond acceptors (Lipinski definition) is 6. The second kappa shape index (κ2) is 3.98. The number of likely N-dealkylation sites (N-methyl/N-ethyl adjacent to an activating group) is 1. The lowest BCUT2D eigenvalue weighted by atomic mass is 10.3. The van der Waals surface area contributed by atoms with Crippen molar-refractivity contribution in [2.24, 2.45) is 0 Å². The summed E-state index contributed by atoms with van der Waals surface area (Å²) < 4.78 is 4.84. The predicted octanol–water partition coefficient (Wildman–Crippen LogP) is 0.0240. The Morgan fingerprint density at radius 2 is 2.00 bits per heavy atom. The van der Waals surface area contributed by atoms with Crippen LogP contribution in [0.1, 0.15) is 17.6 Å². The quantitative estimate of drug-likeness (QED) is 0.641. The zero-order valence-corrected chi connectivity index (χ0v) is 8.93. The van der Waals surface area contributed by atoms with E-state index in [-0.39, 0.29) is 11.7 Å². The largest absolute Gasteiger partial charge is 0.336 e. The van der Waals surface area contributed by atoms with Crippen molar-refractivity contribution in [1.29, 1.82) is 0 Å². The molecule has 0 bridgehead atoms. The van der Waals surface area contributed by atoms with E-state index >= 15 is 0 Å². The zero-order chi connectivity index (χ0) is 10.8. The van der Waals surface area contributed by atoms with E-state index in [0.717, 1.165) is 26.2 Å². The van der Waals surface area contributed by atoms with Crippen molar-refractivity contribution in [2.45, 2.75) is 6.92 Å². The van der Waals surface area contributed by atoms with Gasteiger partial charge in [-0.3, -0.25) is 4.79 Å². The SMILES string of the molecule is CC(=O)c1nc(N2CCN(C)CC2)no1. The highest BCUT2D eigenvalue weighted by atomic mass is 16.5. The standard InChI is InChI=1S/C9H14N4O2/c1-7(14)8-10-9(11-15-8)13-5-3-12(2)4-6-13/h3-6H2,1-2H3. The summed E-state index contributed by atoms with van der Waals surface area (Å²) in [5, 5.41) is 3.79. The second-order valence-electron chi connectivity index (χ2n) is 3.75. The molecule has 6 heteroatoms. The topological polar surface area (TPSA) is 62.5 Å². The van der Waals surface area contributed by atoms with Crippen molar-refractivity contribution in [1.82, 2.24) is 15.0 Å². The molecule has 0 amide bonds. The Morgan fingerprint density at radius 3 is 2.53 bits per heavy atom. The summed E-state index contributed by atoms with van der Waals surface area (Å²) in [6.45, 7) is 5.11. The molecule has 82 valence electrons. The maximum absolute atomic E-state index is 11.0. The number of nitrogens with zero attached hydrogens (tertiary/aromatic N) is 4. The Hall–Kier alpha value is -1.43. The number of anilines is 1. The molecule has 1 aromatic rings. The van der Waals surface area contributed by atoms with Crippen molar-refractivity contribution in [2.75, 3.05) is 38.1 Å². The van der Waals surface area contributed by atoms with Crippen LogP contribution in [0.5, 0.6) is 0 Å². The van der Waals surface area contributed by atoms with E-state index in [9.17, 15) is 4.79 Å². The van der Waals surface area contributed by atoms with Gasteiger partial charge in [0.1, 0.15) is 0 Å². The van der Waals surface area contributed by atoms with Crippen LogP contribution < -0.4 is 4.90 Å². The normalized spacial score (nSPS) is 18.1. The van der Waals surface area contributed by atoms with Crippen LogP contribution in [-0.4, -0.2) is 54.1 Å². The second-order valence-corrected chi connectivity index (χ2v) is 3.75. The minimum absolute atomic E-state index is 0.0870. The highest BCUT2D eigenvalue weighted by Crippen LogP contribution is 2.11. The Morgan fingerprint density at radius 1 is 1.33 bits per heavy atom. The van der Waals surface area contributed by atoms with Gasteiger partial charge in [-0.15, -0.1) is 0 Å². The average Bonchev–Trinajstić information content (AvgIpc) is 2.68. The third-order valence-electron chi connectivity index (χ3n) is 2.50. The number of carbonyl (C=O) groups is 1. The summed E-state index contributed by atoms with van der Waals surface area (Å²) in [6.07, 6.45) is 0. The van der Waals surface area contributed by atoms with E-state index in [1.54, 1.807) is 0 Å².